The normalized spacial score (nSPS) is 15.9. The fourth-order valence-electron chi connectivity index (χ4n) is 1.23. The first kappa shape index (κ1) is 19.2. The van der Waals surface area contributed by atoms with Crippen molar-refractivity contribution in [3.05, 3.63) is 0 Å². The quantitative estimate of drug-likeness (QED) is 0.555. The third-order valence-corrected chi connectivity index (χ3v) is 4.40. The van der Waals surface area contributed by atoms with Gasteiger partial charge in [-0.15, -0.1) is 0 Å². The van der Waals surface area contributed by atoms with E-state index in [4.69, 9.17) is 0 Å². The van der Waals surface area contributed by atoms with E-state index in [1.807, 2.05) is 0 Å². The van der Waals surface area contributed by atoms with E-state index in [0.29, 0.717) is 13.8 Å². The molecule has 0 bridgehead atoms. The van der Waals surface area contributed by atoms with Crippen molar-refractivity contribution < 1.29 is 35.1 Å². The van der Waals surface area contributed by atoms with Gasteiger partial charge in [0.1, 0.15) is 0 Å². The Morgan fingerprint density at radius 1 is 0.650 bits per heavy atom. The number of hydrogen-bond acceptors (Lipinski definition) is 8. The summed E-state index contributed by atoms with van der Waals surface area (Å²) >= 11 is 0. The van der Waals surface area contributed by atoms with Crippen LogP contribution in [-0.2, 0) is 38.5 Å². The maximum absolute atomic E-state index is 10.5. The molecule has 0 radical (unpaired) electrons. The van der Waals surface area contributed by atoms with E-state index >= 15 is 0 Å². The van der Waals surface area contributed by atoms with Gasteiger partial charge in [-0.05, 0) is 0 Å². The molecule has 0 atom stereocenters. The highest BCUT2D eigenvalue weighted by Crippen LogP contribution is 2.15. The first-order chi connectivity index (χ1) is 9.09. The predicted molar refractivity (Wildman–Crippen MR) is 69.1 cm³/mol. The van der Waals surface area contributed by atoms with Crippen LogP contribution in [0.1, 0.15) is 52.4 Å². The smallest absolute Gasteiger partial charge is 0.279 e. The van der Waals surface area contributed by atoms with E-state index in [0.717, 1.165) is 0 Å². The lowest BCUT2D eigenvalue weighted by Gasteiger charge is -2.05. The Morgan fingerprint density at radius 3 is 1.00 bits per heavy atom. The Balaban J connectivity index is 0.000000493. The van der Waals surface area contributed by atoms with Crippen molar-refractivity contribution in [2.75, 3.05) is 0 Å². The Labute approximate surface area is 118 Å². The van der Waals surface area contributed by atoms with Gasteiger partial charge in [0, 0.05) is 13.8 Å². The van der Waals surface area contributed by atoms with Crippen LogP contribution in [0.4, 0.5) is 0 Å². The van der Waals surface area contributed by atoms with Crippen molar-refractivity contribution in [3.8, 4) is 0 Å². The molecule has 0 heterocycles. The van der Waals surface area contributed by atoms with Crippen molar-refractivity contribution in [1.82, 2.24) is 0 Å². The zero-order chi connectivity index (χ0) is 15.8. The summed E-state index contributed by atoms with van der Waals surface area (Å²) in [5.74, 6) is 0. The molecular formula is C10H18O8S2. The third kappa shape index (κ3) is 7.68. The van der Waals surface area contributed by atoms with Crippen LogP contribution < -0.4 is 0 Å². The summed E-state index contributed by atoms with van der Waals surface area (Å²) < 4.78 is 48.8. The van der Waals surface area contributed by atoms with Gasteiger partial charge in [-0.2, -0.15) is 16.8 Å². The van der Waals surface area contributed by atoms with Gasteiger partial charge >= 0.3 is 20.2 Å². The predicted octanol–water partition coefficient (Wildman–Crippen LogP) is 1.03. The Bertz CT molecular complexity index is 472. The molecule has 0 amide bonds. The summed E-state index contributed by atoms with van der Waals surface area (Å²) in [6.45, 7) is 1.25. The molecular weight excluding hydrogens is 312 g/mol. The molecule has 8 nitrogen and oxygen atoms in total. The zero-order valence-electron chi connectivity index (χ0n) is 11.3. The van der Waals surface area contributed by atoms with Gasteiger partial charge in [0.05, 0.1) is 0 Å². The second-order valence-electron chi connectivity index (χ2n) is 4.15. The molecule has 0 spiro atoms. The van der Waals surface area contributed by atoms with E-state index in [1.165, 1.54) is 38.5 Å². The van der Waals surface area contributed by atoms with Crippen LogP contribution in [0.25, 0.3) is 0 Å². The SMILES string of the molecule is C1CCCCC1.CC(=O)S(=O)(=O)OOS(=O)(=O)C(C)=O. The van der Waals surface area contributed by atoms with E-state index in [9.17, 15) is 26.4 Å². The summed E-state index contributed by atoms with van der Waals surface area (Å²) in [7, 11) is -9.51. The van der Waals surface area contributed by atoms with E-state index < -0.39 is 30.5 Å². The summed E-state index contributed by atoms with van der Waals surface area (Å²) in [5, 5.41) is -2.90. The molecule has 0 N–H and O–H groups in total. The lowest BCUT2D eigenvalue weighted by Crippen LogP contribution is -2.21. The van der Waals surface area contributed by atoms with E-state index in [-0.39, 0.29) is 0 Å². The van der Waals surface area contributed by atoms with E-state index in [2.05, 4.69) is 8.67 Å². The van der Waals surface area contributed by atoms with Crippen LogP contribution in [0.15, 0.2) is 0 Å². The van der Waals surface area contributed by atoms with Gasteiger partial charge in [-0.25, -0.2) is 0 Å². The molecule has 1 saturated carbocycles. The van der Waals surface area contributed by atoms with Crippen LogP contribution >= 0.6 is 0 Å². The minimum atomic E-state index is -4.76. The maximum atomic E-state index is 10.5. The standard InChI is InChI=1S/C6H12.C4H6O8S2/c1-2-4-6-5-3-1;1-3(5)13(7,8)11-12-14(9,10)4(2)6/h1-6H2;1-2H3. The first-order valence-corrected chi connectivity index (χ1v) is 8.80. The zero-order valence-corrected chi connectivity index (χ0v) is 13.0. The molecule has 0 saturated heterocycles. The molecule has 10 heteroatoms. The van der Waals surface area contributed by atoms with Gasteiger partial charge < -0.3 is 0 Å². The summed E-state index contributed by atoms with van der Waals surface area (Å²) in [4.78, 5) is 20.6. The number of hydrogen-bond donors (Lipinski definition) is 0. The molecule has 118 valence electrons. The Hall–Kier alpha value is -0.840. The summed E-state index contributed by atoms with van der Waals surface area (Å²) in [5.41, 5.74) is 0. The molecule has 20 heavy (non-hydrogen) atoms. The third-order valence-electron chi connectivity index (χ3n) is 2.41. The fourth-order valence-corrected chi connectivity index (χ4v) is 2.01. The molecule has 1 aliphatic rings. The highest BCUT2D eigenvalue weighted by molar-refractivity contribution is 8.03. The van der Waals surface area contributed by atoms with Gasteiger partial charge in [-0.1, -0.05) is 47.2 Å². The average Bonchev–Trinajstić information content (AvgIpc) is 2.39. The molecule has 1 aliphatic carbocycles. The highest BCUT2D eigenvalue weighted by atomic mass is 32.2. The van der Waals surface area contributed by atoms with Gasteiger partial charge in [0.15, 0.2) is 0 Å². The van der Waals surface area contributed by atoms with Crippen LogP contribution in [0.3, 0.4) is 0 Å². The van der Waals surface area contributed by atoms with Crippen molar-refractivity contribution in [2.45, 2.75) is 52.4 Å². The monoisotopic (exact) mass is 330 g/mol. The van der Waals surface area contributed by atoms with Crippen molar-refractivity contribution in [2.24, 2.45) is 0 Å². The second-order valence-corrected chi connectivity index (χ2v) is 7.39. The molecule has 0 unspecified atom stereocenters. The number of carbonyl (C=O) groups is 2. The molecule has 0 aromatic carbocycles. The van der Waals surface area contributed by atoms with Gasteiger partial charge in [0.25, 0.3) is 10.2 Å². The van der Waals surface area contributed by atoms with E-state index in [1.54, 1.807) is 0 Å². The topological polar surface area (TPSA) is 121 Å². The maximum Gasteiger partial charge on any atom is 0.358 e. The van der Waals surface area contributed by atoms with Crippen LogP contribution in [-0.4, -0.2) is 27.1 Å². The lowest BCUT2D eigenvalue weighted by atomic mass is 10.0. The van der Waals surface area contributed by atoms with Gasteiger partial charge in [-0.3, -0.25) is 9.59 Å². The minimum absolute atomic E-state index is 0.624. The van der Waals surface area contributed by atoms with Crippen LogP contribution in [0, 0.1) is 0 Å². The van der Waals surface area contributed by atoms with Crippen molar-refractivity contribution in [3.63, 3.8) is 0 Å². The largest absolute Gasteiger partial charge is 0.358 e. The fraction of sp³-hybridized carbons (Fsp3) is 0.800. The lowest BCUT2D eigenvalue weighted by molar-refractivity contribution is -0.122. The molecule has 0 aliphatic heterocycles. The van der Waals surface area contributed by atoms with Gasteiger partial charge in [0.2, 0.25) is 0 Å². The summed E-state index contributed by atoms with van der Waals surface area (Å²) in [6.07, 6.45) is 9.00. The first-order valence-electron chi connectivity index (χ1n) is 5.98. The minimum Gasteiger partial charge on any atom is -0.279 e. The Morgan fingerprint density at radius 2 is 0.850 bits per heavy atom. The number of rotatable bonds is 3. The van der Waals surface area contributed by atoms with Crippen LogP contribution in [0.5, 0.6) is 0 Å². The Kier molecular flexibility index (Phi) is 8.09. The van der Waals surface area contributed by atoms with Crippen LogP contribution in [0.2, 0.25) is 0 Å². The van der Waals surface area contributed by atoms with Crippen molar-refractivity contribution in [1.29, 1.82) is 0 Å². The average molecular weight is 330 g/mol. The van der Waals surface area contributed by atoms with Crippen molar-refractivity contribution >= 4 is 30.5 Å². The molecule has 0 aromatic rings. The molecule has 1 fully saturated rings. The molecule has 0 aromatic heterocycles. The number of carbonyl (C=O) groups excluding carboxylic acids is 2. The molecule has 1 rings (SSSR count). The highest BCUT2D eigenvalue weighted by Gasteiger charge is 2.26. The summed E-state index contributed by atoms with van der Waals surface area (Å²) in [6, 6.07) is 0. The second kappa shape index (κ2) is 8.45.